The van der Waals surface area contributed by atoms with E-state index in [0.717, 1.165) is 11.6 Å². The van der Waals surface area contributed by atoms with Gasteiger partial charge >= 0.3 is 5.97 Å². The van der Waals surface area contributed by atoms with E-state index < -0.39 is 11.4 Å². The molecule has 3 N–H and O–H groups in total. The van der Waals surface area contributed by atoms with Crippen LogP contribution in [0.1, 0.15) is 39.9 Å². The van der Waals surface area contributed by atoms with Crippen LogP contribution in [-0.4, -0.2) is 39.3 Å². The molecule has 1 aromatic heterocycles. The van der Waals surface area contributed by atoms with E-state index in [4.69, 9.17) is 9.84 Å². The Morgan fingerprint density at radius 3 is 2.82 bits per heavy atom. The summed E-state index contributed by atoms with van der Waals surface area (Å²) in [5.74, 6) is -0.797. The number of allylic oxidation sites excluding steroid dienone is 1. The number of anilines is 2. The molecule has 38 heavy (non-hydrogen) atoms. The van der Waals surface area contributed by atoms with E-state index in [1.54, 1.807) is 60.4 Å². The standard InChI is InChI=1S/C28H25N5O5/c1-33-11-9-24(32-33)31-26(36)19-7-8-23-20(14-19)28(10-12-38-23)15-21(28)27(37)30-22-13-17(16-29)5-6-18(22)3-2-4-25(34)35/h2,4-9,11,13-14,21H,3,10,12,15H2,1H3,(H,30,37)(H,34,35)(H,31,32,36)/t21-,28-/m0/s1. The molecule has 10 nitrogen and oxygen atoms in total. The average molecular weight is 512 g/mol. The average Bonchev–Trinajstić information content (AvgIpc) is 3.47. The zero-order chi connectivity index (χ0) is 26.9. The lowest BCUT2D eigenvalue weighted by Crippen LogP contribution is -2.27. The smallest absolute Gasteiger partial charge is 0.327 e. The lowest BCUT2D eigenvalue weighted by atomic mass is 9.86. The SMILES string of the molecule is Cn1ccc(NC(=O)c2ccc3c(c2)[C@]2(CCO3)C[C@H]2C(=O)Nc2cc(C#N)ccc2CC=CC(=O)O)n1. The van der Waals surface area contributed by atoms with E-state index in [1.807, 2.05) is 0 Å². The predicted molar refractivity (Wildman–Crippen MR) is 138 cm³/mol. The van der Waals surface area contributed by atoms with Crippen LogP contribution in [0.3, 0.4) is 0 Å². The minimum atomic E-state index is -1.06. The Balaban J connectivity index is 1.36. The fourth-order valence-electron chi connectivity index (χ4n) is 5.00. The molecular formula is C28H25N5O5. The first-order chi connectivity index (χ1) is 18.3. The second kappa shape index (κ2) is 9.86. The number of carboxylic acids is 1. The zero-order valence-corrected chi connectivity index (χ0v) is 20.6. The van der Waals surface area contributed by atoms with Gasteiger partial charge in [0.15, 0.2) is 5.82 Å². The number of carbonyl (C=O) groups is 3. The van der Waals surface area contributed by atoms with Gasteiger partial charge in [0.2, 0.25) is 5.91 Å². The lowest BCUT2D eigenvalue weighted by molar-refractivity contribution is -0.131. The van der Waals surface area contributed by atoms with Gasteiger partial charge < -0.3 is 20.5 Å². The van der Waals surface area contributed by atoms with Crippen molar-refractivity contribution in [3.8, 4) is 11.8 Å². The van der Waals surface area contributed by atoms with Crippen molar-refractivity contribution in [2.45, 2.75) is 24.7 Å². The van der Waals surface area contributed by atoms with E-state index in [9.17, 15) is 19.6 Å². The first-order valence-electron chi connectivity index (χ1n) is 12.1. The number of aryl methyl sites for hydroxylation is 1. The van der Waals surface area contributed by atoms with Crippen molar-refractivity contribution in [2.24, 2.45) is 13.0 Å². The number of benzene rings is 2. The summed E-state index contributed by atoms with van der Waals surface area (Å²) >= 11 is 0. The van der Waals surface area contributed by atoms with Crippen LogP contribution in [0.4, 0.5) is 11.5 Å². The summed E-state index contributed by atoms with van der Waals surface area (Å²) in [5.41, 5.74) is 2.38. The number of nitrogens with one attached hydrogen (secondary N) is 2. The Kier molecular flexibility index (Phi) is 6.43. The largest absolute Gasteiger partial charge is 0.493 e. The zero-order valence-electron chi connectivity index (χ0n) is 20.6. The fourth-order valence-corrected chi connectivity index (χ4v) is 5.00. The van der Waals surface area contributed by atoms with E-state index in [1.165, 1.54) is 6.08 Å². The second-order valence-corrected chi connectivity index (χ2v) is 9.47. The van der Waals surface area contributed by atoms with Crippen molar-refractivity contribution in [3.05, 3.63) is 83.1 Å². The summed E-state index contributed by atoms with van der Waals surface area (Å²) in [7, 11) is 1.76. The molecule has 0 saturated heterocycles. The predicted octanol–water partition coefficient (Wildman–Crippen LogP) is 3.41. The van der Waals surface area contributed by atoms with Crippen LogP contribution in [0.2, 0.25) is 0 Å². The normalized spacial score (nSPS) is 19.3. The number of carbonyl (C=O) groups excluding carboxylic acids is 2. The van der Waals surface area contributed by atoms with E-state index >= 15 is 0 Å². The number of aliphatic carboxylic acids is 1. The van der Waals surface area contributed by atoms with Gasteiger partial charge in [-0.05, 0) is 55.2 Å². The molecule has 1 aliphatic carbocycles. The molecule has 2 heterocycles. The van der Waals surface area contributed by atoms with Crippen molar-refractivity contribution >= 4 is 29.3 Å². The molecule has 1 saturated carbocycles. The number of hydrogen-bond acceptors (Lipinski definition) is 6. The summed E-state index contributed by atoms with van der Waals surface area (Å²) in [4.78, 5) is 37.1. The van der Waals surface area contributed by atoms with Crippen LogP contribution in [-0.2, 0) is 28.5 Å². The van der Waals surface area contributed by atoms with Gasteiger partial charge in [-0.25, -0.2) is 4.79 Å². The maximum atomic E-state index is 13.4. The highest BCUT2D eigenvalue weighted by molar-refractivity contribution is 6.04. The summed E-state index contributed by atoms with van der Waals surface area (Å²) in [5, 5.41) is 28.1. The van der Waals surface area contributed by atoms with Crippen LogP contribution >= 0.6 is 0 Å². The molecular weight excluding hydrogens is 486 g/mol. The first-order valence-corrected chi connectivity index (χ1v) is 12.1. The number of rotatable bonds is 7. The summed E-state index contributed by atoms with van der Waals surface area (Å²) < 4.78 is 7.44. The molecule has 2 aliphatic rings. The lowest BCUT2D eigenvalue weighted by Gasteiger charge is -2.27. The molecule has 3 aromatic rings. The van der Waals surface area contributed by atoms with E-state index in [-0.39, 0.29) is 24.2 Å². The van der Waals surface area contributed by atoms with Crippen molar-refractivity contribution in [3.63, 3.8) is 0 Å². The Hall–Kier alpha value is -4.91. The van der Waals surface area contributed by atoms with Crippen molar-refractivity contribution < 1.29 is 24.2 Å². The van der Waals surface area contributed by atoms with Gasteiger partial charge in [0.25, 0.3) is 5.91 Å². The highest BCUT2D eigenvalue weighted by Crippen LogP contribution is 2.61. The quantitative estimate of drug-likeness (QED) is 0.412. The Bertz CT molecular complexity index is 1520. The number of carboxylic acid groups (broad SMARTS) is 1. The molecule has 0 radical (unpaired) electrons. The van der Waals surface area contributed by atoms with Crippen molar-refractivity contribution in [1.82, 2.24) is 9.78 Å². The number of amides is 2. The maximum Gasteiger partial charge on any atom is 0.327 e. The first kappa shape index (κ1) is 24.8. The van der Waals surface area contributed by atoms with Crippen LogP contribution in [0.25, 0.3) is 0 Å². The Labute approximate surface area is 218 Å². The second-order valence-electron chi connectivity index (χ2n) is 9.47. The maximum absolute atomic E-state index is 13.4. The van der Waals surface area contributed by atoms with Gasteiger partial charge in [-0.15, -0.1) is 0 Å². The van der Waals surface area contributed by atoms with Crippen molar-refractivity contribution in [1.29, 1.82) is 5.26 Å². The topological polar surface area (TPSA) is 146 Å². The third kappa shape index (κ3) is 4.86. The van der Waals surface area contributed by atoms with Gasteiger partial charge in [0.1, 0.15) is 5.75 Å². The molecule has 0 bridgehead atoms. The molecule has 1 aliphatic heterocycles. The summed E-state index contributed by atoms with van der Waals surface area (Å²) in [6.07, 6.45) is 5.79. The Morgan fingerprint density at radius 1 is 1.24 bits per heavy atom. The van der Waals surface area contributed by atoms with Gasteiger partial charge in [0.05, 0.1) is 18.2 Å². The monoisotopic (exact) mass is 511 g/mol. The Morgan fingerprint density at radius 2 is 2.08 bits per heavy atom. The van der Waals surface area contributed by atoms with E-state index in [0.29, 0.717) is 53.4 Å². The highest BCUT2D eigenvalue weighted by atomic mass is 16.5. The number of hydrogen-bond donors (Lipinski definition) is 3. The summed E-state index contributed by atoms with van der Waals surface area (Å²) in [6, 6.07) is 13.9. The fraction of sp³-hybridized carbons (Fsp3) is 0.250. The van der Waals surface area contributed by atoms with Gasteiger partial charge in [-0.3, -0.25) is 14.3 Å². The van der Waals surface area contributed by atoms with E-state index in [2.05, 4.69) is 21.8 Å². The van der Waals surface area contributed by atoms with Crippen molar-refractivity contribution in [2.75, 3.05) is 17.2 Å². The molecule has 2 atom stereocenters. The minimum Gasteiger partial charge on any atom is -0.493 e. The van der Waals surface area contributed by atoms with Gasteiger partial charge in [0, 0.05) is 53.5 Å². The van der Waals surface area contributed by atoms with Crippen LogP contribution in [0.15, 0.2) is 60.8 Å². The number of nitrogens with zero attached hydrogens (tertiary/aromatic N) is 3. The number of ether oxygens (including phenoxy) is 1. The van der Waals surface area contributed by atoms with Crippen LogP contribution in [0.5, 0.6) is 5.75 Å². The molecule has 5 rings (SSSR count). The highest BCUT2D eigenvalue weighted by Gasteiger charge is 2.61. The molecule has 1 spiro atoms. The molecule has 192 valence electrons. The third-order valence-corrected chi connectivity index (χ3v) is 7.03. The van der Waals surface area contributed by atoms with Gasteiger partial charge in [-0.2, -0.15) is 10.4 Å². The molecule has 1 fully saturated rings. The van der Waals surface area contributed by atoms with Crippen LogP contribution < -0.4 is 15.4 Å². The number of aromatic nitrogens is 2. The van der Waals surface area contributed by atoms with Gasteiger partial charge in [-0.1, -0.05) is 12.1 Å². The number of fused-ring (bicyclic) bond motifs is 2. The molecule has 0 unspecified atom stereocenters. The number of nitriles is 1. The molecule has 2 aromatic carbocycles. The molecule has 2 amide bonds. The minimum absolute atomic E-state index is 0.195. The third-order valence-electron chi connectivity index (χ3n) is 7.03. The summed E-state index contributed by atoms with van der Waals surface area (Å²) in [6.45, 7) is 0.464. The van der Waals surface area contributed by atoms with Crippen LogP contribution in [0, 0.1) is 17.2 Å². The molecule has 10 heteroatoms.